The Morgan fingerprint density at radius 1 is 1.32 bits per heavy atom. The van der Waals surface area contributed by atoms with Crippen molar-refractivity contribution < 1.29 is 9.53 Å². The zero-order valence-corrected chi connectivity index (χ0v) is 11.9. The van der Waals surface area contributed by atoms with Crippen LogP contribution in [-0.4, -0.2) is 25.3 Å². The van der Waals surface area contributed by atoms with E-state index in [9.17, 15) is 4.79 Å². The topological polar surface area (TPSA) is 62.7 Å². The van der Waals surface area contributed by atoms with Crippen molar-refractivity contribution in [3.05, 3.63) is 24.3 Å². The summed E-state index contributed by atoms with van der Waals surface area (Å²) in [7, 11) is 1.62. The summed E-state index contributed by atoms with van der Waals surface area (Å²) in [6, 6.07) is 7.38. The van der Waals surface area contributed by atoms with Crippen LogP contribution in [-0.2, 0) is 4.79 Å². The van der Waals surface area contributed by atoms with Crippen molar-refractivity contribution in [2.75, 3.05) is 19.0 Å². The number of hydrazone groups is 1. The normalized spacial score (nSPS) is 11.3. The van der Waals surface area contributed by atoms with E-state index in [0.29, 0.717) is 5.92 Å². The van der Waals surface area contributed by atoms with Gasteiger partial charge in [-0.2, -0.15) is 5.10 Å². The molecular formula is C14H21N3O2. The fraction of sp³-hybridized carbons (Fsp3) is 0.429. The highest BCUT2D eigenvalue weighted by atomic mass is 16.5. The van der Waals surface area contributed by atoms with Gasteiger partial charge in [0.1, 0.15) is 5.75 Å². The number of nitrogens with one attached hydrogen (secondary N) is 2. The summed E-state index contributed by atoms with van der Waals surface area (Å²) in [5.41, 5.74) is 4.28. The van der Waals surface area contributed by atoms with Crippen molar-refractivity contribution in [3.63, 3.8) is 0 Å². The maximum Gasteiger partial charge on any atom is 0.259 e. The molecule has 0 atom stereocenters. The van der Waals surface area contributed by atoms with Gasteiger partial charge in [0.25, 0.3) is 5.91 Å². The summed E-state index contributed by atoms with van der Waals surface area (Å²) in [5.74, 6) is 0.942. The minimum absolute atomic E-state index is 0.171. The first-order valence-electron chi connectivity index (χ1n) is 6.24. The number of amides is 1. The molecule has 19 heavy (non-hydrogen) atoms. The molecule has 1 aromatic rings. The minimum atomic E-state index is -0.171. The predicted octanol–water partition coefficient (Wildman–Crippen LogP) is 2.26. The number of methoxy groups -OCH3 is 1. The standard InChI is InChI=1S/C14H21N3O2/c1-10(2)11(3)16-17-14(18)9-15-12-5-7-13(19-4)8-6-12/h5-8,10,15H,9H2,1-4H3,(H,17,18). The Kier molecular flexibility index (Phi) is 5.85. The molecule has 0 fully saturated rings. The summed E-state index contributed by atoms with van der Waals surface area (Å²) >= 11 is 0. The molecule has 0 saturated heterocycles. The number of carbonyl (C=O) groups excluding carboxylic acids is 1. The van der Waals surface area contributed by atoms with Crippen molar-refractivity contribution in [3.8, 4) is 5.75 Å². The number of nitrogens with zero attached hydrogens (tertiary/aromatic N) is 1. The first kappa shape index (κ1) is 15.0. The maximum absolute atomic E-state index is 11.6. The van der Waals surface area contributed by atoms with Crippen LogP contribution in [0.25, 0.3) is 0 Å². The van der Waals surface area contributed by atoms with E-state index in [4.69, 9.17) is 4.74 Å². The second-order valence-corrected chi connectivity index (χ2v) is 4.52. The van der Waals surface area contributed by atoms with E-state index in [-0.39, 0.29) is 12.5 Å². The number of hydrogen-bond donors (Lipinski definition) is 2. The summed E-state index contributed by atoms with van der Waals surface area (Å²) in [4.78, 5) is 11.6. The van der Waals surface area contributed by atoms with Crippen LogP contribution in [0.5, 0.6) is 5.75 Å². The Balaban J connectivity index is 2.39. The van der Waals surface area contributed by atoms with Crippen LogP contribution in [0, 0.1) is 5.92 Å². The monoisotopic (exact) mass is 263 g/mol. The molecule has 104 valence electrons. The smallest absolute Gasteiger partial charge is 0.259 e. The Bertz CT molecular complexity index is 439. The van der Waals surface area contributed by atoms with Gasteiger partial charge in [-0.05, 0) is 37.1 Å². The van der Waals surface area contributed by atoms with Crippen molar-refractivity contribution >= 4 is 17.3 Å². The fourth-order valence-corrected chi connectivity index (χ4v) is 1.21. The Hall–Kier alpha value is -2.04. The average molecular weight is 263 g/mol. The minimum Gasteiger partial charge on any atom is -0.497 e. The van der Waals surface area contributed by atoms with Gasteiger partial charge in [0, 0.05) is 11.4 Å². The maximum atomic E-state index is 11.6. The lowest BCUT2D eigenvalue weighted by Crippen LogP contribution is -2.27. The molecule has 0 spiro atoms. The Labute approximate surface area is 114 Å². The molecule has 5 nitrogen and oxygen atoms in total. The van der Waals surface area contributed by atoms with E-state index >= 15 is 0 Å². The number of benzene rings is 1. The van der Waals surface area contributed by atoms with Gasteiger partial charge in [0.05, 0.1) is 13.7 Å². The van der Waals surface area contributed by atoms with Crippen LogP contribution in [0.1, 0.15) is 20.8 Å². The van der Waals surface area contributed by atoms with Gasteiger partial charge in [-0.3, -0.25) is 4.79 Å². The van der Waals surface area contributed by atoms with Gasteiger partial charge in [0.15, 0.2) is 0 Å². The molecule has 1 amide bonds. The number of rotatable bonds is 6. The number of carbonyl (C=O) groups is 1. The first-order valence-corrected chi connectivity index (χ1v) is 6.24. The van der Waals surface area contributed by atoms with E-state index in [0.717, 1.165) is 17.1 Å². The number of ether oxygens (including phenoxy) is 1. The third kappa shape index (κ3) is 5.42. The van der Waals surface area contributed by atoms with Gasteiger partial charge in [0.2, 0.25) is 0 Å². The second kappa shape index (κ2) is 7.41. The highest BCUT2D eigenvalue weighted by molar-refractivity contribution is 5.86. The van der Waals surface area contributed by atoms with Crippen molar-refractivity contribution in [2.24, 2.45) is 11.0 Å². The summed E-state index contributed by atoms with van der Waals surface area (Å²) in [5, 5.41) is 7.03. The van der Waals surface area contributed by atoms with Crippen LogP contribution in [0.2, 0.25) is 0 Å². The van der Waals surface area contributed by atoms with Crippen molar-refractivity contribution in [2.45, 2.75) is 20.8 Å². The van der Waals surface area contributed by atoms with Gasteiger partial charge >= 0.3 is 0 Å². The molecule has 0 aliphatic heterocycles. The molecule has 1 aromatic carbocycles. The second-order valence-electron chi connectivity index (χ2n) is 4.52. The molecule has 0 radical (unpaired) electrons. The molecule has 0 bridgehead atoms. The van der Waals surface area contributed by atoms with Gasteiger partial charge in [-0.15, -0.1) is 0 Å². The van der Waals surface area contributed by atoms with Crippen molar-refractivity contribution in [1.82, 2.24) is 5.43 Å². The molecule has 5 heteroatoms. The lowest BCUT2D eigenvalue weighted by molar-refractivity contribution is -0.119. The van der Waals surface area contributed by atoms with Gasteiger partial charge in [-0.25, -0.2) is 5.43 Å². The van der Waals surface area contributed by atoms with E-state index in [2.05, 4.69) is 15.8 Å². The zero-order chi connectivity index (χ0) is 14.3. The molecule has 0 aliphatic carbocycles. The number of hydrogen-bond acceptors (Lipinski definition) is 4. The Morgan fingerprint density at radius 3 is 2.47 bits per heavy atom. The third-order valence-electron chi connectivity index (χ3n) is 2.74. The lowest BCUT2D eigenvalue weighted by Gasteiger charge is -2.07. The van der Waals surface area contributed by atoms with Crippen LogP contribution < -0.4 is 15.5 Å². The summed E-state index contributed by atoms with van der Waals surface area (Å²) < 4.78 is 5.06. The average Bonchev–Trinajstić information content (AvgIpc) is 2.42. The molecule has 0 unspecified atom stereocenters. The highest BCUT2D eigenvalue weighted by Crippen LogP contribution is 2.14. The Morgan fingerprint density at radius 2 is 1.95 bits per heavy atom. The largest absolute Gasteiger partial charge is 0.497 e. The summed E-state index contributed by atoms with van der Waals surface area (Å²) in [6.45, 7) is 6.13. The highest BCUT2D eigenvalue weighted by Gasteiger charge is 2.02. The summed E-state index contributed by atoms with van der Waals surface area (Å²) in [6.07, 6.45) is 0. The molecule has 0 saturated carbocycles. The van der Waals surface area contributed by atoms with Crippen molar-refractivity contribution in [1.29, 1.82) is 0 Å². The van der Waals surface area contributed by atoms with Crippen LogP contribution in [0.3, 0.4) is 0 Å². The molecule has 0 aromatic heterocycles. The third-order valence-corrected chi connectivity index (χ3v) is 2.74. The van der Waals surface area contributed by atoms with Crippen LogP contribution in [0.15, 0.2) is 29.4 Å². The molecule has 0 heterocycles. The molecule has 2 N–H and O–H groups in total. The van der Waals surface area contributed by atoms with E-state index in [1.165, 1.54) is 0 Å². The molecule has 0 aliphatic rings. The van der Waals surface area contributed by atoms with Gasteiger partial charge < -0.3 is 10.1 Å². The zero-order valence-electron chi connectivity index (χ0n) is 11.9. The van der Waals surface area contributed by atoms with E-state index < -0.39 is 0 Å². The predicted molar refractivity (Wildman–Crippen MR) is 77.6 cm³/mol. The first-order chi connectivity index (χ1) is 9.02. The number of anilines is 1. The van der Waals surface area contributed by atoms with Crippen LogP contribution in [0.4, 0.5) is 5.69 Å². The van der Waals surface area contributed by atoms with Crippen LogP contribution >= 0.6 is 0 Å². The molecular weight excluding hydrogens is 242 g/mol. The SMILES string of the molecule is COc1ccc(NCC(=O)NN=C(C)C(C)C)cc1. The quantitative estimate of drug-likeness (QED) is 0.611. The van der Waals surface area contributed by atoms with E-state index in [1.54, 1.807) is 7.11 Å². The lowest BCUT2D eigenvalue weighted by atomic mass is 10.1. The molecule has 1 rings (SSSR count). The van der Waals surface area contributed by atoms with E-state index in [1.807, 2.05) is 45.0 Å². The fourth-order valence-electron chi connectivity index (χ4n) is 1.21. The van der Waals surface area contributed by atoms with Gasteiger partial charge in [-0.1, -0.05) is 13.8 Å².